The molecule has 3 N–H and O–H groups in total. The molecule has 0 saturated carbocycles. The van der Waals surface area contributed by atoms with Gasteiger partial charge in [-0.1, -0.05) is 29.8 Å². The predicted molar refractivity (Wildman–Crippen MR) is 128 cm³/mol. The van der Waals surface area contributed by atoms with E-state index in [0.29, 0.717) is 52.2 Å². The maximum absolute atomic E-state index is 14.1. The van der Waals surface area contributed by atoms with E-state index in [9.17, 15) is 8.78 Å². The summed E-state index contributed by atoms with van der Waals surface area (Å²) >= 11 is 6.40. The quantitative estimate of drug-likeness (QED) is 0.257. The van der Waals surface area contributed by atoms with Gasteiger partial charge in [-0.15, -0.1) is 0 Å². The number of fused-ring (bicyclic) bond motifs is 1. The van der Waals surface area contributed by atoms with Crippen LogP contribution in [0.3, 0.4) is 0 Å². The van der Waals surface area contributed by atoms with E-state index in [0.717, 1.165) is 18.2 Å². The lowest BCUT2D eigenvalue weighted by molar-refractivity contribution is 0.410. The summed E-state index contributed by atoms with van der Waals surface area (Å²) in [6, 6.07) is 11.8. The Labute approximate surface area is 202 Å². The first-order valence-electron chi connectivity index (χ1n) is 10.5. The van der Waals surface area contributed by atoms with Crippen LogP contribution in [0, 0.1) is 11.6 Å². The molecule has 5 aromatic rings. The van der Waals surface area contributed by atoms with Gasteiger partial charge < -0.3 is 15.4 Å². The lowest BCUT2D eigenvalue weighted by Gasteiger charge is -2.11. The molecule has 9 nitrogen and oxygen atoms in total. The zero-order valence-corrected chi connectivity index (χ0v) is 18.7. The van der Waals surface area contributed by atoms with Crippen LogP contribution in [-0.2, 0) is 0 Å². The summed E-state index contributed by atoms with van der Waals surface area (Å²) in [5.74, 6) is -0.950. The Morgan fingerprint density at radius 2 is 1.74 bits per heavy atom. The summed E-state index contributed by atoms with van der Waals surface area (Å²) < 4.78 is 32.9. The SMILES string of the molecule is Fc1ccc(Oc2nc(NCCNc3ncccn3)c3c(-c4ccccc4Cl)n[nH]c3n2)c(F)c1. The number of nitrogens with one attached hydrogen (secondary N) is 3. The maximum atomic E-state index is 14.1. The second kappa shape index (κ2) is 9.85. The molecular weight excluding hydrogens is 478 g/mol. The first-order valence-corrected chi connectivity index (χ1v) is 10.8. The molecule has 0 bridgehead atoms. The van der Waals surface area contributed by atoms with Crippen molar-refractivity contribution in [3.8, 4) is 23.0 Å². The fourth-order valence-corrected chi connectivity index (χ4v) is 3.56. The van der Waals surface area contributed by atoms with Crippen molar-refractivity contribution in [1.29, 1.82) is 0 Å². The number of hydrogen-bond acceptors (Lipinski definition) is 8. The topological polar surface area (TPSA) is 114 Å². The van der Waals surface area contributed by atoms with Crippen LogP contribution >= 0.6 is 11.6 Å². The number of hydrogen-bond donors (Lipinski definition) is 3. The van der Waals surface area contributed by atoms with E-state index >= 15 is 0 Å². The fourth-order valence-electron chi connectivity index (χ4n) is 3.33. The van der Waals surface area contributed by atoms with E-state index in [2.05, 4.69) is 40.8 Å². The first-order chi connectivity index (χ1) is 17.1. The minimum absolute atomic E-state index is 0.154. The number of anilines is 2. The van der Waals surface area contributed by atoms with Crippen LogP contribution in [0.4, 0.5) is 20.5 Å². The molecule has 0 aliphatic heterocycles. The third-order valence-electron chi connectivity index (χ3n) is 4.89. The highest BCUT2D eigenvalue weighted by Gasteiger charge is 2.19. The van der Waals surface area contributed by atoms with E-state index in [1.807, 2.05) is 18.2 Å². The lowest BCUT2D eigenvalue weighted by Crippen LogP contribution is -2.16. The number of rotatable bonds is 8. The molecule has 176 valence electrons. The Morgan fingerprint density at radius 3 is 2.54 bits per heavy atom. The molecule has 2 aromatic carbocycles. The van der Waals surface area contributed by atoms with Crippen molar-refractivity contribution < 1.29 is 13.5 Å². The van der Waals surface area contributed by atoms with Crippen molar-refractivity contribution in [2.75, 3.05) is 23.7 Å². The highest BCUT2D eigenvalue weighted by molar-refractivity contribution is 6.33. The number of halogens is 3. The summed E-state index contributed by atoms with van der Waals surface area (Å²) in [6.07, 6.45) is 3.27. The van der Waals surface area contributed by atoms with Crippen molar-refractivity contribution in [3.63, 3.8) is 0 Å². The highest BCUT2D eigenvalue weighted by Crippen LogP contribution is 2.35. The molecule has 5 rings (SSSR count). The number of aromatic nitrogens is 6. The van der Waals surface area contributed by atoms with Crippen LogP contribution in [0.2, 0.25) is 5.02 Å². The number of nitrogens with zero attached hydrogens (tertiary/aromatic N) is 5. The number of aromatic amines is 1. The Balaban J connectivity index is 1.48. The van der Waals surface area contributed by atoms with Crippen LogP contribution in [0.1, 0.15) is 0 Å². The Hall–Kier alpha value is -4.38. The Kier molecular flexibility index (Phi) is 6.31. The monoisotopic (exact) mass is 494 g/mol. The molecule has 0 radical (unpaired) electrons. The molecule has 12 heteroatoms. The molecule has 0 atom stereocenters. The Bertz CT molecular complexity index is 1480. The number of ether oxygens (including phenoxy) is 1. The van der Waals surface area contributed by atoms with E-state index in [-0.39, 0.29) is 11.8 Å². The highest BCUT2D eigenvalue weighted by atomic mass is 35.5. The minimum atomic E-state index is -0.878. The lowest BCUT2D eigenvalue weighted by atomic mass is 10.1. The molecule has 35 heavy (non-hydrogen) atoms. The number of H-pyrrole nitrogens is 1. The van der Waals surface area contributed by atoms with Gasteiger partial charge in [0.05, 0.1) is 10.4 Å². The van der Waals surface area contributed by atoms with Crippen LogP contribution in [0.25, 0.3) is 22.3 Å². The van der Waals surface area contributed by atoms with Crippen molar-refractivity contribution in [2.45, 2.75) is 0 Å². The second-order valence-corrected chi connectivity index (χ2v) is 7.64. The molecule has 0 aliphatic rings. The van der Waals surface area contributed by atoms with E-state index in [1.165, 1.54) is 0 Å². The van der Waals surface area contributed by atoms with Crippen LogP contribution in [-0.4, -0.2) is 43.2 Å². The van der Waals surface area contributed by atoms with Gasteiger partial charge in [0.25, 0.3) is 0 Å². The van der Waals surface area contributed by atoms with Crippen LogP contribution in [0.15, 0.2) is 60.9 Å². The summed E-state index contributed by atoms with van der Waals surface area (Å²) in [6.45, 7) is 0.888. The zero-order valence-electron chi connectivity index (χ0n) is 18.0. The maximum Gasteiger partial charge on any atom is 0.326 e. The molecule has 3 aromatic heterocycles. The molecule has 0 amide bonds. The van der Waals surface area contributed by atoms with E-state index in [4.69, 9.17) is 16.3 Å². The molecule has 3 heterocycles. The fraction of sp³-hybridized carbons (Fsp3) is 0.0870. The van der Waals surface area contributed by atoms with Crippen molar-refractivity contribution >= 4 is 34.4 Å². The number of benzene rings is 2. The molecule has 0 unspecified atom stereocenters. The van der Waals surface area contributed by atoms with Crippen LogP contribution in [0.5, 0.6) is 11.8 Å². The smallest absolute Gasteiger partial charge is 0.326 e. The molecule has 0 spiro atoms. The van der Waals surface area contributed by atoms with Gasteiger partial charge in [0, 0.05) is 37.1 Å². The van der Waals surface area contributed by atoms with Crippen LogP contribution < -0.4 is 15.4 Å². The van der Waals surface area contributed by atoms with Crippen molar-refractivity contribution in [2.24, 2.45) is 0 Å². The summed E-state index contributed by atoms with van der Waals surface area (Å²) in [7, 11) is 0. The first kappa shape index (κ1) is 22.4. The predicted octanol–water partition coefficient (Wildman–Crippen LogP) is 5.06. The zero-order chi connectivity index (χ0) is 24.2. The molecule has 0 aliphatic carbocycles. The van der Waals surface area contributed by atoms with Gasteiger partial charge in [-0.3, -0.25) is 5.10 Å². The summed E-state index contributed by atoms with van der Waals surface area (Å²) in [5, 5.41) is 14.6. The average Bonchev–Trinajstić information content (AvgIpc) is 3.28. The van der Waals surface area contributed by atoms with Crippen molar-refractivity contribution in [3.05, 3.63) is 77.6 Å². The van der Waals surface area contributed by atoms with E-state index < -0.39 is 11.6 Å². The standard InChI is InChI=1S/C23H17ClF2N8O/c24-15-5-2-1-4-14(15)19-18-20(27-10-11-30-22-28-8-3-9-29-22)31-23(32-21(18)34-33-19)35-17-7-6-13(25)12-16(17)26/h1-9,12H,10-11H2,(H,28,29,30)(H2,27,31,32,33,34). The van der Waals surface area contributed by atoms with Gasteiger partial charge in [-0.05, 0) is 24.3 Å². The molecule has 0 fully saturated rings. The van der Waals surface area contributed by atoms with Crippen molar-refractivity contribution in [1.82, 2.24) is 30.1 Å². The third-order valence-corrected chi connectivity index (χ3v) is 5.22. The van der Waals surface area contributed by atoms with Gasteiger partial charge in [0.15, 0.2) is 17.2 Å². The average molecular weight is 495 g/mol. The minimum Gasteiger partial charge on any atom is -0.421 e. The third kappa shape index (κ3) is 4.94. The second-order valence-electron chi connectivity index (χ2n) is 7.23. The van der Waals surface area contributed by atoms with Gasteiger partial charge in [0.2, 0.25) is 5.95 Å². The van der Waals surface area contributed by atoms with Gasteiger partial charge in [-0.25, -0.2) is 18.7 Å². The molecular formula is C23H17ClF2N8O. The summed E-state index contributed by atoms with van der Waals surface area (Å²) in [5.41, 5.74) is 1.56. The van der Waals surface area contributed by atoms with Gasteiger partial charge in [0.1, 0.15) is 17.3 Å². The van der Waals surface area contributed by atoms with Gasteiger partial charge >= 0.3 is 6.01 Å². The normalized spacial score (nSPS) is 10.9. The Morgan fingerprint density at radius 1 is 0.943 bits per heavy atom. The summed E-state index contributed by atoms with van der Waals surface area (Å²) in [4.78, 5) is 17.0. The molecule has 0 saturated heterocycles. The van der Waals surface area contributed by atoms with Gasteiger partial charge in [-0.2, -0.15) is 15.1 Å². The largest absolute Gasteiger partial charge is 0.421 e. The van der Waals surface area contributed by atoms with E-state index in [1.54, 1.807) is 24.5 Å².